The van der Waals surface area contributed by atoms with Crippen molar-refractivity contribution in [1.82, 2.24) is 9.55 Å². The van der Waals surface area contributed by atoms with Crippen LogP contribution in [0.3, 0.4) is 0 Å². The van der Waals surface area contributed by atoms with E-state index in [2.05, 4.69) is 16.7 Å². The molecule has 2 heterocycles. The van der Waals surface area contributed by atoms with Gasteiger partial charge in [0.2, 0.25) is 0 Å². The van der Waals surface area contributed by atoms with Crippen LogP contribution in [-0.4, -0.2) is 39.9 Å². The first-order chi connectivity index (χ1) is 16.5. The molecule has 1 saturated carbocycles. The summed E-state index contributed by atoms with van der Waals surface area (Å²) >= 11 is 0. The molecule has 3 unspecified atom stereocenters. The topological polar surface area (TPSA) is 84.7 Å². The minimum atomic E-state index is -0.709. The van der Waals surface area contributed by atoms with Crippen molar-refractivity contribution in [2.24, 2.45) is 5.92 Å². The van der Waals surface area contributed by atoms with Crippen molar-refractivity contribution in [2.45, 2.75) is 64.0 Å². The van der Waals surface area contributed by atoms with Gasteiger partial charge in [0, 0.05) is 24.1 Å². The fraction of sp³-hybridized carbons (Fsp3) is 0.444. The second-order valence-electron chi connectivity index (χ2n) is 9.57. The first kappa shape index (κ1) is 22.4. The highest BCUT2D eigenvalue weighted by molar-refractivity contribution is 5.95. The van der Waals surface area contributed by atoms with Crippen LogP contribution in [0.4, 0.5) is 10.5 Å². The first-order valence-corrected chi connectivity index (χ1v) is 12.1. The Morgan fingerprint density at radius 3 is 2.65 bits per heavy atom. The molecule has 0 spiro atoms. The summed E-state index contributed by atoms with van der Waals surface area (Å²) < 4.78 is 7.36. The highest BCUT2D eigenvalue weighted by Gasteiger charge is 2.34. The molecule has 1 amide bonds. The molecular formula is C27H31N3O4. The molecule has 178 valence electrons. The summed E-state index contributed by atoms with van der Waals surface area (Å²) in [6.45, 7) is 2.04. The van der Waals surface area contributed by atoms with Gasteiger partial charge in [-0.05, 0) is 56.7 Å². The quantitative estimate of drug-likeness (QED) is 0.566. The fourth-order valence-corrected chi connectivity index (χ4v) is 5.76. The number of carbonyl (C=O) groups is 2. The van der Waals surface area contributed by atoms with Crippen LogP contribution in [0.1, 0.15) is 62.0 Å². The number of ether oxygens (including phenoxy) is 1. The van der Waals surface area contributed by atoms with E-state index in [4.69, 9.17) is 9.72 Å². The lowest BCUT2D eigenvalue weighted by Gasteiger charge is -2.34. The molecule has 0 bridgehead atoms. The number of aliphatic carboxylic acids is 1. The van der Waals surface area contributed by atoms with Crippen molar-refractivity contribution in [3.63, 3.8) is 0 Å². The van der Waals surface area contributed by atoms with Crippen molar-refractivity contribution in [2.75, 3.05) is 12.0 Å². The second kappa shape index (κ2) is 9.12. The average Bonchev–Trinajstić information content (AvgIpc) is 3.22. The van der Waals surface area contributed by atoms with Gasteiger partial charge < -0.3 is 14.4 Å². The number of hydrogen-bond acceptors (Lipinski definition) is 4. The van der Waals surface area contributed by atoms with E-state index in [1.54, 1.807) is 4.90 Å². The summed E-state index contributed by atoms with van der Waals surface area (Å²) in [5.74, 6) is -0.0817. The Bertz CT molecular complexity index is 1220. The number of anilines is 1. The molecule has 5 rings (SSSR count). The van der Waals surface area contributed by atoms with Gasteiger partial charge in [-0.2, -0.15) is 0 Å². The van der Waals surface area contributed by atoms with Crippen molar-refractivity contribution >= 4 is 28.8 Å². The van der Waals surface area contributed by atoms with Crippen LogP contribution in [0, 0.1) is 5.92 Å². The average molecular weight is 462 g/mol. The lowest BCUT2D eigenvalue weighted by atomic mass is 9.85. The molecular weight excluding hydrogens is 430 g/mol. The van der Waals surface area contributed by atoms with Crippen LogP contribution in [0.2, 0.25) is 0 Å². The maximum Gasteiger partial charge on any atom is 0.414 e. The number of rotatable bonds is 4. The van der Waals surface area contributed by atoms with Gasteiger partial charge in [0.1, 0.15) is 5.82 Å². The zero-order valence-corrected chi connectivity index (χ0v) is 19.7. The Morgan fingerprint density at radius 1 is 1.12 bits per heavy atom. The van der Waals surface area contributed by atoms with Crippen molar-refractivity contribution < 1.29 is 19.4 Å². The number of aryl methyl sites for hydroxylation is 1. The number of imidazole rings is 1. The number of benzene rings is 2. The van der Waals surface area contributed by atoms with E-state index in [-0.39, 0.29) is 24.1 Å². The SMILES string of the molecule is COC(=O)N1c2ccc3c(nc(Cc4ccccc4)n3C3CCCC(C(=O)O)C3)c2CCC1C. The van der Waals surface area contributed by atoms with E-state index < -0.39 is 5.97 Å². The monoisotopic (exact) mass is 461 g/mol. The van der Waals surface area contributed by atoms with E-state index >= 15 is 0 Å². The standard InChI is InChI=1S/C27H31N3O4/c1-17-11-12-21-22(29(17)27(33)34-2)13-14-23-25(21)28-24(15-18-7-4-3-5-8-18)30(23)20-10-6-9-19(16-20)26(31)32/h3-5,7-8,13-14,17,19-20H,6,9-12,15-16H2,1-2H3,(H,31,32). The molecule has 1 fully saturated rings. The molecule has 34 heavy (non-hydrogen) atoms. The van der Waals surface area contributed by atoms with Gasteiger partial charge in [-0.25, -0.2) is 9.78 Å². The number of carboxylic acid groups (broad SMARTS) is 1. The summed E-state index contributed by atoms with van der Waals surface area (Å²) in [5, 5.41) is 9.68. The van der Waals surface area contributed by atoms with Crippen LogP contribution in [0.5, 0.6) is 0 Å². The highest BCUT2D eigenvalue weighted by atomic mass is 16.5. The third-order valence-electron chi connectivity index (χ3n) is 7.46. The van der Waals surface area contributed by atoms with Gasteiger partial charge >= 0.3 is 12.1 Å². The number of nitrogens with zero attached hydrogens (tertiary/aromatic N) is 3. The van der Waals surface area contributed by atoms with Crippen molar-refractivity contribution in [3.8, 4) is 0 Å². The van der Waals surface area contributed by atoms with Crippen LogP contribution in [0.15, 0.2) is 42.5 Å². The second-order valence-corrected chi connectivity index (χ2v) is 9.57. The molecule has 7 nitrogen and oxygen atoms in total. The minimum Gasteiger partial charge on any atom is -0.481 e. The molecule has 1 aliphatic heterocycles. The molecule has 3 aromatic rings. The Morgan fingerprint density at radius 2 is 1.91 bits per heavy atom. The van der Waals surface area contributed by atoms with E-state index in [0.29, 0.717) is 12.8 Å². The molecule has 1 N–H and O–H groups in total. The lowest BCUT2D eigenvalue weighted by Crippen LogP contribution is -2.42. The Labute approximate surface area is 199 Å². The van der Waals surface area contributed by atoms with E-state index in [0.717, 1.165) is 60.2 Å². The zero-order valence-electron chi connectivity index (χ0n) is 19.7. The normalized spacial score (nSPS) is 22.4. The molecule has 7 heteroatoms. The molecule has 2 aromatic carbocycles. The predicted molar refractivity (Wildman–Crippen MR) is 130 cm³/mol. The van der Waals surface area contributed by atoms with Crippen LogP contribution in [-0.2, 0) is 22.4 Å². The van der Waals surface area contributed by atoms with Crippen LogP contribution in [0.25, 0.3) is 11.0 Å². The van der Waals surface area contributed by atoms with Gasteiger partial charge in [0.05, 0.1) is 29.7 Å². The number of carboxylic acids is 1. The van der Waals surface area contributed by atoms with Crippen molar-refractivity contribution in [3.05, 3.63) is 59.4 Å². The molecule has 3 atom stereocenters. The van der Waals surface area contributed by atoms with Gasteiger partial charge in [0.15, 0.2) is 0 Å². The Kier molecular flexibility index (Phi) is 6.02. The number of amides is 1. The maximum atomic E-state index is 12.6. The summed E-state index contributed by atoms with van der Waals surface area (Å²) in [7, 11) is 1.41. The maximum absolute atomic E-state index is 12.6. The summed E-state index contributed by atoms with van der Waals surface area (Å²) in [5.41, 5.74) is 5.05. The number of aromatic nitrogens is 2. The zero-order chi connectivity index (χ0) is 23.8. The summed E-state index contributed by atoms with van der Waals surface area (Å²) in [6.07, 6.45) is 5.19. The third-order valence-corrected chi connectivity index (χ3v) is 7.46. The number of hydrogen-bond donors (Lipinski definition) is 1. The van der Waals surface area contributed by atoms with Crippen molar-refractivity contribution in [1.29, 1.82) is 0 Å². The first-order valence-electron chi connectivity index (χ1n) is 12.1. The number of carbonyl (C=O) groups excluding carboxylic acids is 1. The van der Waals surface area contributed by atoms with Gasteiger partial charge in [-0.3, -0.25) is 9.69 Å². The largest absolute Gasteiger partial charge is 0.481 e. The van der Waals surface area contributed by atoms with E-state index in [9.17, 15) is 14.7 Å². The molecule has 0 radical (unpaired) electrons. The summed E-state index contributed by atoms with van der Waals surface area (Å²) in [4.78, 5) is 31.2. The number of fused-ring (bicyclic) bond motifs is 3. The van der Waals surface area contributed by atoms with E-state index in [1.807, 2.05) is 37.3 Å². The minimum absolute atomic E-state index is 0.0537. The van der Waals surface area contributed by atoms with Crippen LogP contribution < -0.4 is 4.90 Å². The predicted octanol–water partition coefficient (Wildman–Crippen LogP) is 5.35. The van der Waals surface area contributed by atoms with Crippen LogP contribution >= 0.6 is 0 Å². The van der Waals surface area contributed by atoms with Gasteiger partial charge in [-0.1, -0.05) is 36.8 Å². The highest BCUT2D eigenvalue weighted by Crippen LogP contribution is 2.40. The smallest absolute Gasteiger partial charge is 0.414 e. The molecule has 0 saturated heterocycles. The van der Waals surface area contributed by atoms with Gasteiger partial charge in [0.25, 0.3) is 0 Å². The third kappa shape index (κ3) is 3.93. The Balaban J connectivity index is 1.65. The number of methoxy groups -OCH3 is 1. The summed E-state index contributed by atoms with van der Waals surface area (Å²) in [6, 6.07) is 14.5. The molecule has 2 aliphatic rings. The fourth-order valence-electron chi connectivity index (χ4n) is 5.76. The lowest BCUT2D eigenvalue weighted by molar-refractivity contribution is -0.143. The Hall–Kier alpha value is -3.35. The molecule has 1 aliphatic carbocycles. The van der Waals surface area contributed by atoms with E-state index in [1.165, 1.54) is 12.7 Å². The van der Waals surface area contributed by atoms with Gasteiger partial charge in [-0.15, -0.1) is 0 Å². The molecule has 1 aromatic heterocycles.